The molecule has 0 fully saturated rings. The summed E-state index contributed by atoms with van der Waals surface area (Å²) >= 11 is 12.2. The molecule has 0 unspecified atom stereocenters. The molecule has 3 rings (SSSR count). The lowest BCUT2D eigenvalue weighted by molar-refractivity contribution is -0.114. The van der Waals surface area contributed by atoms with E-state index in [4.69, 9.17) is 33.4 Å². The number of benzene rings is 1. The van der Waals surface area contributed by atoms with Gasteiger partial charge in [-0.25, -0.2) is 4.79 Å². The molecule has 0 saturated carbocycles. The van der Waals surface area contributed by atoms with Gasteiger partial charge in [0.25, 0.3) is 11.5 Å². The second-order valence-corrected chi connectivity index (χ2v) is 7.76. The minimum absolute atomic E-state index is 0.0707. The summed E-state index contributed by atoms with van der Waals surface area (Å²) in [4.78, 5) is 41.6. The average molecular weight is 477 g/mol. The van der Waals surface area contributed by atoms with Gasteiger partial charge in [-0.3, -0.25) is 24.0 Å². The van der Waals surface area contributed by atoms with Gasteiger partial charge < -0.3 is 10.2 Å². The number of aromatic amines is 1. The second kappa shape index (κ2) is 10.4. The Bertz CT molecular complexity index is 1250. The highest BCUT2D eigenvalue weighted by Crippen LogP contribution is 2.27. The molecule has 2 aromatic heterocycles. The first-order chi connectivity index (χ1) is 15.3. The summed E-state index contributed by atoms with van der Waals surface area (Å²) in [5.41, 5.74) is 5.20. The number of H-pyrrole nitrogens is 1. The predicted octanol–water partition coefficient (Wildman–Crippen LogP) is 4.07. The van der Waals surface area contributed by atoms with Crippen LogP contribution in [0.25, 0.3) is 6.08 Å². The van der Waals surface area contributed by atoms with Crippen LogP contribution in [0.5, 0.6) is 0 Å². The van der Waals surface area contributed by atoms with Crippen molar-refractivity contribution in [2.45, 2.75) is 32.9 Å². The van der Waals surface area contributed by atoms with E-state index < -0.39 is 17.2 Å². The molecular formula is C22H22Cl2N4O4. The predicted molar refractivity (Wildman–Crippen MR) is 126 cm³/mol. The van der Waals surface area contributed by atoms with Gasteiger partial charge >= 0.3 is 5.69 Å². The van der Waals surface area contributed by atoms with Gasteiger partial charge in [0, 0.05) is 12.6 Å². The van der Waals surface area contributed by atoms with Crippen molar-refractivity contribution in [1.29, 1.82) is 0 Å². The number of hydrogen-bond acceptors (Lipinski definition) is 5. The zero-order chi connectivity index (χ0) is 23.3. The fourth-order valence-corrected chi connectivity index (χ4v) is 3.47. The topological polar surface area (TPSA) is 114 Å². The van der Waals surface area contributed by atoms with Crippen molar-refractivity contribution >= 4 is 46.7 Å². The molecule has 32 heavy (non-hydrogen) atoms. The molecular weight excluding hydrogens is 455 g/mol. The molecule has 168 valence electrons. The third kappa shape index (κ3) is 5.15. The number of carbonyl (C=O) groups is 1. The van der Waals surface area contributed by atoms with Crippen LogP contribution in [0.15, 0.2) is 56.7 Å². The van der Waals surface area contributed by atoms with Crippen molar-refractivity contribution in [2.75, 3.05) is 10.6 Å². The standard InChI is InChI=1S/C22H22Cl2N4O4/c1-2-3-11-27-20(25)19(21(30)26-22(27)31)28(13-15-7-5-12-32-15)17(29)10-9-14-6-4-8-16(23)18(14)24/h4-10,12H,2-3,11,13,25H2,1H3,(H,26,30,31)/b10-9+. The van der Waals surface area contributed by atoms with Gasteiger partial charge in [0.1, 0.15) is 11.6 Å². The maximum Gasteiger partial charge on any atom is 0.330 e. The summed E-state index contributed by atoms with van der Waals surface area (Å²) in [6.45, 7) is 2.20. The van der Waals surface area contributed by atoms with E-state index in [-0.39, 0.29) is 18.1 Å². The molecule has 0 aliphatic heterocycles. The smallest absolute Gasteiger partial charge is 0.330 e. The average Bonchev–Trinajstić information content (AvgIpc) is 3.27. The maximum atomic E-state index is 13.2. The monoisotopic (exact) mass is 476 g/mol. The molecule has 3 aromatic rings. The van der Waals surface area contributed by atoms with Gasteiger partial charge in [0.15, 0.2) is 5.69 Å². The number of nitrogens with zero attached hydrogens (tertiary/aromatic N) is 2. The van der Waals surface area contributed by atoms with Gasteiger partial charge in [-0.15, -0.1) is 0 Å². The van der Waals surface area contributed by atoms with Crippen molar-refractivity contribution in [3.05, 3.63) is 84.9 Å². The highest BCUT2D eigenvalue weighted by molar-refractivity contribution is 6.42. The Morgan fingerprint density at radius 2 is 2.03 bits per heavy atom. The zero-order valence-electron chi connectivity index (χ0n) is 17.3. The fourth-order valence-electron chi connectivity index (χ4n) is 3.10. The molecule has 10 heteroatoms. The minimum Gasteiger partial charge on any atom is -0.467 e. The van der Waals surface area contributed by atoms with E-state index in [9.17, 15) is 14.4 Å². The Morgan fingerprint density at radius 1 is 1.25 bits per heavy atom. The molecule has 1 amide bonds. The number of aromatic nitrogens is 2. The molecule has 3 N–H and O–H groups in total. The molecule has 0 spiro atoms. The summed E-state index contributed by atoms with van der Waals surface area (Å²) in [6.07, 6.45) is 5.69. The number of hydrogen-bond donors (Lipinski definition) is 2. The summed E-state index contributed by atoms with van der Waals surface area (Å²) in [5.74, 6) is -0.228. The first kappa shape index (κ1) is 23.4. The minimum atomic E-state index is -0.769. The number of carbonyl (C=O) groups excluding carboxylic acids is 1. The van der Waals surface area contributed by atoms with Gasteiger partial charge in [0.05, 0.1) is 22.9 Å². The molecule has 8 nitrogen and oxygen atoms in total. The third-order valence-electron chi connectivity index (χ3n) is 4.77. The van der Waals surface area contributed by atoms with Crippen molar-refractivity contribution in [3.8, 4) is 0 Å². The van der Waals surface area contributed by atoms with Crippen LogP contribution < -0.4 is 21.9 Å². The Kier molecular flexibility index (Phi) is 7.61. The second-order valence-electron chi connectivity index (χ2n) is 6.98. The number of amides is 1. The SMILES string of the molecule is CCCCn1c(N)c(N(Cc2ccco2)C(=O)/C=C/c2cccc(Cl)c2Cl)c(=O)[nH]c1=O. The van der Waals surface area contributed by atoms with Gasteiger partial charge in [-0.2, -0.15) is 0 Å². The third-order valence-corrected chi connectivity index (χ3v) is 5.60. The molecule has 0 aliphatic carbocycles. The quantitative estimate of drug-likeness (QED) is 0.475. The molecule has 2 heterocycles. The van der Waals surface area contributed by atoms with Crippen LogP contribution in [-0.2, 0) is 17.9 Å². The highest BCUT2D eigenvalue weighted by Gasteiger charge is 2.24. The van der Waals surface area contributed by atoms with E-state index >= 15 is 0 Å². The number of halogens is 2. The Labute approximate surface area is 193 Å². The molecule has 0 aliphatic rings. The number of nitrogen functional groups attached to an aromatic ring is 1. The van der Waals surface area contributed by atoms with E-state index in [1.54, 1.807) is 30.3 Å². The van der Waals surface area contributed by atoms with Crippen LogP contribution in [-0.4, -0.2) is 15.5 Å². The highest BCUT2D eigenvalue weighted by atomic mass is 35.5. The van der Waals surface area contributed by atoms with E-state index in [2.05, 4.69) is 4.98 Å². The lowest BCUT2D eigenvalue weighted by atomic mass is 10.2. The summed E-state index contributed by atoms with van der Waals surface area (Å²) in [6, 6.07) is 8.35. The summed E-state index contributed by atoms with van der Waals surface area (Å²) < 4.78 is 6.60. The first-order valence-electron chi connectivity index (χ1n) is 9.92. The van der Waals surface area contributed by atoms with E-state index in [1.165, 1.54) is 23.0 Å². The van der Waals surface area contributed by atoms with Crippen LogP contribution in [0.2, 0.25) is 10.0 Å². The van der Waals surface area contributed by atoms with Crippen molar-refractivity contribution in [1.82, 2.24) is 9.55 Å². The zero-order valence-corrected chi connectivity index (χ0v) is 18.8. The molecule has 0 saturated heterocycles. The first-order valence-corrected chi connectivity index (χ1v) is 10.7. The van der Waals surface area contributed by atoms with Crippen LogP contribution in [0.3, 0.4) is 0 Å². The summed E-state index contributed by atoms with van der Waals surface area (Å²) in [5, 5.41) is 0.638. The number of unbranched alkanes of at least 4 members (excludes halogenated alkanes) is 1. The maximum absolute atomic E-state index is 13.2. The van der Waals surface area contributed by atoms with E-state index in [0.29, 0.717) is 34.3 Å². The van der Waals surface area contributed by atoms with Crippen molar-refractivity contribution in [3.63, 3.8) is 0 Å². The van der Waals surface area contributed by atoms with Crippen LogP contribution in [0.1, 0.15) is 31.1 Å². The lowest BCUT2D eigenvalue weighted by Gasteiger charge is -2.22. The number of nitrogens with one attached hydrogen (secondary N) is 1. The Balaban J connectivity index is 2.06. The largest absolute Gasteiger partial charge is 0.467 e. The molecule has 1 aromatic carbocycles. The van der Waals surface area contributed by atoms with Crippen LogP contribution >= 0.6 is 23.2 Å². The fraction of sp³-hybridized carbons (Fsp3) is 0.227. The van der Waals surface area contributed by atoms with Gasteiger partial charge in [-0.05, 0) is 36.3 Å². The number of anilines is 2. The van der Waals surface area contributed by atoms with Crippen molar-refractivity contribution in [2.24, 2.45) is 0 Å². The molecule has 0 bridgehead atoms. The Hall–Kier alpha value is -3.23. The summed E-state index contributed by atoms with van der Waals surface area (Å²) in [7, 11) is 0. The van der Waals surface area contributed by atoms with Crippen molar-refractivity contribution < 1.29 is 9.21 Å². The Morgan fingerprint density at radius 3 is 2.72 bits per heavy atom. The number of rotatable bonds is 8. The van der Waals surface area contributed by atoms with Gasteiger partial charge in [0.2, 0.25) is 0 Å². The van der Waals surface area contributed by atoms with E-state index in [0.717, 1.165) is 11.3 Å². The number of furan rings is 1. The van der Waals surface area contributed by atoms with E-state index in [1.807, 2.05) is 6.92 Å². The van der Waals surface area contributed by atoms with Crippen LogP contribution in [0, 0.1) is 0 Å². The number of nitrogens with two attached hydrogens (primary N) is 1. The lowest BCUT2D eigenvalue weighted by Crippen LogP contribution is -2.40. The normalized spacial score (nSPS) is 11.2. The van der Waals surface area contributed by atoms with Gasteiger partial charge in [-0.1, -0.05) is 48.7 Å². The molecule has 0 atom stereocenters. The van der Waals surface area contributed by atoms with Crippen LogP contribution in [0.4, 0.5) is 11.5 Å². The molecule has 0 radical (unpaired) electrons.